The van der Waals surface area contributed by atoms with E-state index >= 15 is 0 Å². The zero-order chi connectivity index (χ0) is 13.8. The van der Waals surface area contributed by atoms with Gasteiger partial charge in [0.15, 0.2) is 0 Å². The minimum atomic E-state index is -0.233. The van der Waals surface area contributed by atoms with E-state index in [0.29, 0.717) is 18.1 Å². The lowest BCUT2D eigenvalue weighted by molar-refractivity contribution is 0.0428. The summed E-state index contributed by atoms with van der Waals surface area (Å²) < 4.78 is 5.69. The summed E-state index contributed by atoms with van der Waals surface area (Å²) in [4.78, 5) is 13.3. The molecule has 1 atom stereocenters. The number of urea groups is 1. The summed E-state index contributed by atoms with van der Waals surface area (Å²) in [6.07, 6.45) is 0.0105. The zero-order valence-corrected chi connectivity index (χ0v) is 11.4. The van der Waals surface area contributed by atoms with Crippen molar-refractivity contribution in [3.8, 4) is 5.75 Å². The highest BCUT2D eigenvalue weighted by Crippen LogP contribution is 2.20. The number of amides is 2. The van der Waals surface area contributed by atoms with Crippen LogP contribution in [0, 0.1) is 0 Å². The van der Waals surface area contributed by atoms with Gasteiger partial charge in [-0.05, 0) is 31.2 Å². The largest absolute Gasteiger partial charge is 0.487 e. The maximum absolute atomic E-state index is 11.7. The Kier molecular flexibility index (Phi) is 4.50. The summed E-state index contributed by atoms with van der Waals surface area (Å²) in [5.74, 6) is 0.748. The van der Waals surface area contributed by atoms with Gasteiger partial charge in [-0.2, -0.15) is 0 Å². The summed E-state index contributed by atoms with van der Waals surface area (Å²) in [5.41, 5.74) is 0. The van der Waals surface area contributed by atoms with Gasteiger partial charge in [-0.1, -0.05) is 11.6 Å². The van der Waals surface area contributed by atoms with Crippen molar-refractivity contribution in [2.75, 3.05) is 19.7 Å². The lowest BCUT2D eigenvalue weighted by atomic mass is 10.2. The highest BCUT2D eigenvalue weighted by molar-refractivity contribution is 6.30. The number of hydrogen-bond acceptors (Lipinski definition) is 3. The SMILES string of the molecule is C[C@@H](CO)NC(=O)N1CC(Oc2ccc(Cl)cc2)C1. The molecule has 6 heteroatoms. The second kappa shape index (κ2) is 6.12. The van der Waals surface area contributed by atoms with E-state index in [4.69, 9.17) is 21.4 Å². The van der Waals surface area contributed by atoms with E-state index in [1.807, 2.05) is 0 Å². The molecule has 19 heavy (non-hydrogen) atoms. The second-order valence-electron chi connectivity index (χ2n) is 4.63. The molecule has 0 spiro atoms. The minimum absolute atomic E-state index is 0.0105. The highest BCUT2D eigenvalue weighted by Gasteiger charge is 2.32. The van der Waals surface area contributed by atoms with E-state index < -0.39 is 0 Å². The smallest absolute Gasteiger partial charge is 0.317 e. The summed E-state index contributed by atoms with van der Waals surface area (Å²) >= 11 is 5.79. The number of halogens is 1. The monoisotopic (exact) mass is 284 g/mol. The molecule has 0 unspecified atom stereocenters. The Balaban J connectivity index is 1.74. The number of likely N-dealkylation sites (tertiary alicyclic amines) is 1. The molecule has 1 aliphatic heterocycles. The van der Waals surface area contributed by atoms with Gasteiger partial charge in [0.05, 0.1) is 25.7 Å². The molecular weight excluding hydrogens is 268 g/mol. The van der Waals surface area contributed by atoms with Crippen LogP contribution in [0.2, 0.25) is 5.02 Å². The summed E-state index contributed by atoms with van der Waals surface area (Å²) in [6, 6.07) is 6.74. The van der Waals surface area contributed by atoms with Crippen molar-refractivity contribution in [1.29, 1.82) is 0 Å². The standard InChI is InChI=1S/C13H17ClN2O3/c1-9(8-17)15-13(18)16-6-12(7-16)19-11-4-2-10(14)3-5-11/h2-5,9,12,17H,6-8H2,1H3,(H,15,18)/t9-/m0/s1. The molecular formula is C13H17ClN2O3. The normalized spacial score (nSPS) is 16.7. The first-order valence-corrected chi connectivity index (χ1v) is 6.55. The van der Waals surface area contributed by atoms with E-state index in [1.165, 1.54) is 0 Å². The Morgan fingerprint density at radius 1 is 1.53 bits per heavy atom. The third-order valence-electron chi connectivity index (χ3n) is 2.90. The highest BCUT2D eigenvalue weighted by atomic mass is 35.5. The van der Waals surface area contributed by atoms with Crippen molar-refractivity contribution in [3.05, 3.63) is 29.3 Å². The summed E-state index contributed by atoms with van der Waals surface area (Å²) in [6.45, 7) is 2.78. The van der Waals surface area contributed by atoms with Gasteiger partial charge >= 0.3 is 6.03 Å². The van der Waals surface area contributed by atoms with Crippen LogP contribution in [0.15, 0.2) is 24.3 Å². The van der Waals surface area contributed by atoms with Gasteiger partial charge in [0.1, 0.15) is 11.9 Å². The maximum Gasteiger partial charge on any atom is 0.317 e. The fourth-order valence-corrected chi connectivity index (χ4v) is 1.86. The summed E-state index contributed by atoms with van der Waals surface area (Å²) in [5, 5.41) is 12.2. The van der Waals surface area contributed by atoms with E-state index in [9.17, 15) is 4.79 Å². The molecule has 1 aromatic rings. The first kappa shape index (κ1) is 14.0. The number of benzene rings is 1. The predicted molar refractivity (Wildman–Crippen MR) is 72.5 cm³/mol. The molecule has 5 nitrogen and oxygen atoms in total. The lowest BCUT2D eigenvalue weighted by Gasteiger charge is -2.39. The number of aliphatic hydroxyl groups is 1. The number of nitrogens with zero attached hydrogens (tertiary/aromatic N) is 1. The molecule has 0 aliphatic carbocycles. The predicted octanol–water partition coefficient (Wildman–Crippen LogP) is 1.49. The minimum Gasteiger partial charge on any atom is -0.487 e. The molecule has 2 N–H and O–H groups in total. The quantitative estimate of drug-likeness (QED) is 0.881. The fourth-order valence-electron chi connectivity index (χ4n) is 1.73. The molecule has 1 saturated heterocycles. The van der Waals surface area contributed by atoms with Gasteiger partial charge < -0.3 is 20.1 Å². The molecule has 1 aliphatic rings. The maximum atomic E-state index is 11.7. The number of hydrogen-bond donors (Lipinski definition) is 2. The topological polar surface area (TPSA) is 61.8 Å². The van der Waals surface area contributed by atoms with Crippen molar-refractivity contribution >= 4 is 17.6 Å². The third-order valence-corrected chi connectivity index (χ3v) is 3.15. The van der Waals surface area contributed by atoms with E-state index in [-0.39, 0.29) is 24.8 Å². The average molecular weight is 285 g/mol. The average Bonchev–Trinajstić information content (AvgIpc) is 2.35. The van der Waals surface area contributed by atoms with Crippen LogP contribution in [-0.4, -0.2) is 47.9 Å². The van der Waals surface area contributed by atoms with Gasteiger partial charge in [0, 0.05) is 5.02 Å². The van der Waals surface area contributed by atoms with Crippen LogP contribution >= 0.6 is 11.6 Å². The van der Waals surface area contributed by atoms with E-state index in [1.54, 1.807) is 36.1 Å². The molecule has 1 heterocycles. The number of rotatable bonds is 4. The Hall–Kier alpha value is -1.46. The van der Waals surface area contributed by atoms with Gasteiger partial charge in [0.25, 0.3) is 0 Å². The molecule has 0 radical (unpaired) electrons. The first-order chi connectivity index (χ1) is 9.08. The van der Waals surface area contributed by atoms with Crippen molar-refractivity contribution < 1.29 is 14.6 Å². The van der Waals surface area contributed by atoms with Crippen LogP contribution in [0.25, 0.3) is 0 Å². The van der Waals surface area contributed by atoms with Crippen molar-refractivity contribution in [2.24, 2.45) is 0 Å². The Morgan fingerprint density at radius 2 is 2.16 bits per heavy atom. The van der Waals surface area contributed by atoms with E-state index in [0.717, 1.165) is 5.75 Å². The van der Waals surface area contributed by atoms with Gasteiger partial charge in [-0.25, -0.2) is 4.79 Å². The molecule has 0 bridgehead atoms. The van der Waals surface area contributed by atoms with Gasteiger partial charge in [-0.3, -0.25) is 0 Å². The lowest BCUT2D eigenvalue weighted by Crippen LogP contribution is -2.60. The Labute approximate surface area is 117 Å². The number of aliphatic hydroxyl groups excluding tert-OH is 1. The third kappa shape index (κ3) is 3.75. The zero-order valence-electron chi connectivity index (χ0n) is 10.7. The van der Waals surface area contributed by atoms with Crippen LogP contribution in [0.3, 0.4) is 0 Å². The van der Waals surface area contributed by atoms with Gasteiger partial charge in [0.2, 0.25) is 0 Å². The summed E-state index contributed by atoms with van der Waals surface area (Å²) in [7, 11) is 0. The van der Waals surface area contributed by atoms with Gasteiger partial charge in [-0.15, -0.1) is 0 Å². The van der Waals surface area contributed by atoms with Crippen molar-refractivity contribution in [2.45, 2.75) is 19.1 Å². The Bertz CT molecular complexity index is 432. The first-order valence-electron chi connectivity index (χ1n) is 6.17. The molecule has 0 saturated carbocycles. The van der Waals surface area contributed by atoms with Crippen LogP contribution in [0.4, 0.5) is 4.79 Å². The molecule has 1 fully saturated rings. The van der Waals surface area contributed by atoms with Crippen molar-refractivity contribution in [3.63, 3.8) is 0 Å². The number of carbonyl (C=O) groups excluding carboxylic acids is 1. The molecule has 2 amide bonds. The van der Waals surface area contributed by atoms with E-state index in [2.05, 4.69) is 5.32 Å². The van der Waals surface area contributed by atoms with Crippen LogP contribution in [0.1, 0.15) is 6.92 Å². The van der Waals surface area contributed by atoms with Crippen LogP contribution in [-0.2, 0) is 0 Å². The van der Waals surface area contributed by atoms with Crippen LogP contribution < -0.4 is 10.1 Å². The fraction of sp³-hybridized carbons (Fsp3) is 0.462. The molecule has 2 rings (SSSR count). The Morgan fingerprint density at radius 3 is 2.74 bits per heavy atom. The molecule has 104 valence electrons. The van der Waals surface area contributed by atoms with Crippen LogP contribution in [0.5, 0.6) is 5.75 Å². The number of nitrogens with one attached hydrogen (secondary N) is 1. The second-order valence-corrected chi connectivity index (χ2v) is 5.07. The molecule has 1 aromatic carbocycles. The number of ether oxygens (including phenoxy) is 1. The van der Waals surface area contributed by atoms with Crippen molar-refractivity contribution in [1.82, 2.24) is 10.2 Å². The number of carbonyl (C=O) groups is 1. The molecule has 0 aromatic heterocycles.